The highest BCUT2D eigenvalue weighted by Crippen LogP contribution is 2.27. The average Bonchev–Trinajstić information content (AvgIpc) is 3.10. The van der Waals surface area contributed by atoms with Crippen LogP contribution in [0.15, 0.2) is 46.0 Å². The maximum absolute atomic E-state index is 12.5. The Morgan fingerprint density at radius 3 is 2.48 bits per heavy atom. The number of nitrogens with zero attached hydrogens (tertiary/aromatic N) is 1. The number of hydrogen-bond donors (Lipinski definition) is 0. The Kier molecular flexibility index (Phi) is 5.26. The molecule has 7 heteroatoms. The molecule has 0 spiro atoms. The van der Waals surface area contributed by atoms with Crippen molar-refractivity contribution in [1.29, 1.82) is 0 Å². The van der Waals surface area contributed by atoms with Gasteiger partial charge >= 0.3 is 0 Å². The van der Waals surface area contributed by atoms with Gasteiger partial charge in [-0.2, -0.15) is 4.31 Å². The normalized spacial score (nSPS) is 17.3. The summed E-state index contributed by atoms with van der Waals surface area (Å²) in [6.07, 6.45) is 1.64. The van der Waals surface area contributed by atoms with Crippen LogP contribution in [0.25, 0.3) is 0 Å². The molecule has 0 atom stereocenters. The van der Waals surface area contributed by atoms with Crippen molar-refractivity contribution in [3.8, 4) is 5.75 Å². The molecule has 124 valence electrons. The molecule has 2 heterocycles. The molecule has 1 saturated heterocycles. The van der Waals surface area contributed by atoms with E-state index in [-0.39, 0.29) is 0 Å². The van der Waals surface area contributed by atoms with Gasteiger partial charge in [0.2, 0.25) is 0 Å². The number of thiophene rings is 1. The van der Waals surface area contributed by atoms with E-state index in [1.54, 1.807) is 34.0 Å². The molecular formula is C16H18ClNO3S2. The second kappa shape index (κ2) is 7.21. The Labute approximate surface area is 145 Å². The van der Waals surface area contributed by atoms with Gasteiger partial charge in [-0.25, -0.2) is 8.42 Å². The lowest BCUT2D eigenvalue weighted by atomic mass is 9.99. The number of ether oxygens (including phenoxy) is 1. The van der Waals surface area contributed by atoms with Crippen LogP contribution in [0.5, 0.6) is 5.75 Å². The molecule has 0 unspecified atom stereocenters. The molecule has 0 saturated carbocycles. The molecule has 1 aliphatic heterocycles. The first-order valence-corrected chi connectivity index (χ1v) is 10.2. The van der Waals surface area contributed by atoms with E-state index in [0.717, 1.165) is 18.6 Å². The monoisotopic (exact) mass is 371 g/mol. The molecule has 1 aliphatic rings. The summed E-state index contributed by atoms with van der Waals surface area (Å²) in [5, 5.41) is 2.48. The van der Waals surface area contributed by atoms with E-state index in [2.05, 4.69) is 0 Å². The SMILES string of the molecule is O=S(=O)(c1cccs1)N1CCC(COc2ccc(Cl)cc2)CC1. The van der Waals surface area contributed by atoms with Gasteiger partial charge in [0.05, 0.1) is 6.61 Å². The summed E-state index contributed by atoms with van der Waals surface area (Å²) in [6, 6.07) is 10.7. The molecule has 3 rings (SSSR count). The molecule has 0 N–H and O–H groups in total. The van der Waals surface area contributed by atoms with Crippen LogP contribution in [0, 0.1) is 5.92 Å². The third-order valence-corrected chi connectivity index (χ3v) is 7.49. The predicted molar refractivity (Wildman–Crippen MR) is 92.7 cm³/mol. The molecule has 0 aliphatic carbocycles. The predicted octanol–water partition coefficient (Wildman–Crippen LogP) is 3.88. The summed E-state index contributed by atoms with van der Waals surface area (Å²) in [7, 11) is -3.32. The first kappa shape index (κ1) is 16.8. The van der Waals surface area contributed by atoms with Crippen molar-refractivity contribution in [3.63, 3.8) is 0 Å². The Morgan fingerprint density at radius 2 is 1.87 bits per heavy atom. The number of rotatable bonds is 5. The lowest BCUT2D eigenvalue weighted by Crippen LogP contribution is -2.39. The Morgan fingerprint density at radius 1 is 1.17 bits per heavy atom. The van der Waals surface area contributed by atoms with Crippen LogP contribution in [0.4, 0.5) is 0 Å². The zero-order chi connectivity index (χ0) is 16.3. The van der Waals surface area contributed by atoms with E-state index in [1.165, 1.54) is 11.3 Å². The molecule has 1 aromatic carbocycles. The second-order valence-electron chi connectivity index (χ2n) is 5.54. The van der Waals surface area contributed by atoms with Crippen LogP contribution in [-0.2, 0) is 10.0 Å². The van der Waals surface area contributed by atoms with E-state index in [1.807, 2.05) is 12.1 Å². The second-order valence-corrected chi connectivity index (χ2v) is 9.09. The van der Waals surface area contributed by atoms with Gasteiger partial charge in [-0.05, 0) is 54.5 Å². The number of benzene rings is 1. The summed E-state index contributed by atoms with van der Waals surface area (Å²) in [5.41, 5.74) is 0. The number of hydrogen-bond acceptors (Lipinski definition) is 4. The van der Waals surface area contributed by atoms with Gasteiger partial charge in [-0.3, -0.25) is 0 Å². The molecule has 1 fully saturated rings. The van der Waals surface area contributed by atoms with Gasteiger partial charge in [-0.15, -0.1) is 11.3 Å². The molecule has 23 heavy (non-hydrogen) atoms. The van der Waals surface area contributed by atoms with Crippen molar-refractivity contribution < 1.29 is 13.2 Å². The summed E-state index contributed by atoms with van der Waals surface area (Å²) in [5.74, 6) is 1.17. The van der Waals surface area contributed by atoms with E-state index in [4.69, 9.17) is 16.3 Å². The summed E-state index contributed by atoms with van der Waals surface area (Å²) in [4.78, 5) is 0. The fourth-order valence-electron chi connectivity index (χ4n) is 2.60. The van der Waals surface area contributed by atoms with Crippen molar-refractivity contribution in [2.45, 2.75) is 17.1 Å². The highest BCUT2D eigenvalue weighted by atomic mass is 35.5. The van der Waals surface area contributed by atoms with E-state index in [0.29, 0.717) is 34.8 Å². The van der Waals surface area contributed by atoms with E-state index >= 15 is 0 Å². The molecule has 2 aromatic rings. The molecule has 1 aromatic heterocycles. The van der Waals surface area contributed by atoms with Crippen LogP contribution in [0.3, 0.4) is 0 Å². The van der Waals surface area contributed by atoms with E-state index in [9.17, 15) is 8.42 Å². The fourth-order valence-corrected chi connectivity index (χ4v) is 5.34. The highest BCUT2D eigenvalue weighted by molar-refractivity contribution is 7.91. The first-order valence-electron chi connectivity index (χ1n) is 7.48. The van der Waals surface area contributed by atoms with Gasteiger partial charge in [0.25, 0.3) is 10.0 Å². The molecule has 0 radical (unpaired) electrons. The average molecular weight is 372 g/mol. The third-order valence-electron chi connectivity index (χ3n) is 3.96. The zero-order valence-electron chi connectivity index (χ0n) is 12.5. The Balaban J connectivity index is 1.51. The van der Waals surface area contributed by atoms with Gasteiger partial charge < -0.3 is 4.74 Å². The fraction of sp³-hybridized carbons (Fsp3) is 0.375. The summed E-state index contributed by atoms with van der Waals surface area (Å²) in [6.45, 7) is 1.71. The van der Waals surface area contributed by atoms with Crippen molar-refractivity contribution in [2.75, 3.05) is 19.7 Å². The number of halogens is 1. The van der Waals surface area contributed by atoms with Crippen LogP contribution in [0.1, 0.15) is 12.8 Å². The number of sulfonamides is 1. The van der Waals surface area contributed by atoms with Gasteiger partial charge in [0, 0.05) is 18.1 Å². The van der Waals surface area contributed by atoms with Crippen molar-refractivity contribution >= 4 is 33.0 Å². The van der Waals surface area contributed by atoms with E-state index < -0.39 is 10.0 Å². The number of piperidine rings is 1. The third kappa shape index (κ3) is 4.07. The maximum atomic E-state index is 12.5. The van der Waals surface area contributed by atoms with Gasteiger partial charge in [0.1, 0.15) is 9.96 Å². The van der Waals surface area contributed by atoms with Crippen LogP contribution >= 0.6 is 22.9 Å². The minimum Gasteiger partial charge on any atom is -0.493 e. The lowest BCUT2D eigenvalue weighted by Gasteiger charge is -2.30. The summed E-state index contributed by atoms with van der Waals surface area (Å²) >= 11 is 7.11. The quantitative estimate of drug-likeness (QED) is 0.801. The van der Waals surface area contributed by atoms with Crippen molar-refractivity contribution in [1.82, 2.24) is 4.31 Å². The van der Waals surface area contributed by atoms with Crippen LogP contribution in [0.2, 0.25) is 5.02 Å². The molecular weight excluding hydrogens is 354 g/mol. The molecule has 0 amide bonds. The summed E-state index contributed by atoms with van der Waals surface area (Å²) < 4.78 is 32.7. The topological polar surface area (TPSA) is 46.6 Å². The van der Waals surface area contributed by atoms with Crippen molar-refractivity contribution in [3.05, 3.63) is 46.8 Å². The smallest absolute Gasteiger partial charge is 0.252 e. The lowest BCUT2D eigenvalue weighted by molar-refractivity contribution is 0.185. The zero-order valence-corrected chi connectivity index (χ0v) is 14.9. The maximum Gasteiger partial charge on any atom is 0.252 e. The van der Waals surface area contributed by atoms with Gasteiger partial charge in [0.15, 0.2) is 0 Å². The van der Waals surface area contributed by atoms with Crippen LogP contribution in [-0.4, -0.2) is 32.4 Å². The van der Waals surface area contributed by atoms with Crippen LogP contribution < -0.4 is 4.74 Å². The minimum atomic E-state index is -3.32. The van der Waals surface area contributed by atoms with Gasteiger partial charge in [-0.1, -0.05) is 17.7 Å². The highest BCUT2D eigenvalue weighted by Gasteiger charge is 2.30. The first-order chi connectivity index (χ1) is 11.1. The Bertz CT molecular complexity index is 721. The largest absolute Gasteiger partial charge is 0.493 e. The Hall–Kier alpha value is -1.08. The van der Waals surface area contributed by atoms with Crippen molar-refractivity contribution in [2.24, 2.45) is 5.92 Å². The standard InChI is InChI=1S/C16H18ClNO3S2/c17-14-3-5-15(6-4-14)21-12-13-7-9-18(10-8-13)23(19,20)16-2-1-11-22-16/h1-6,11,13H,7-10,12H2. The minimum absolute atomic E-state index is 0.375. The molecule has 4 nitrogen and oxygen atoms in total. The molecule has 0 bridgehead atoms.